The molecule has 2 aromatic carbocycles. The lowest BCUT2D eigenvalue weighted by Crippen LogP contribution is -2.14. The van der Waals surface area contributed by atoms with E-state index in [0.717, 1.165) is 18.5 Å². The zero-order valence-corrected chi connectivity index (χ0v) is 12.2. The molecule has 0 bridgehead atoms. The SMILES string of the molecule is CCCNCc1cccc(F)c1Oc1ccc(F)c(C)c1. The molecule has 1 N–H and O–H groups in total. The molecule has 0 aliphatic rings. The largest absolute Gasteiger partial charge is 0.454 e. The lowest BCUT2D eigenvalue weighted by molar-refractivity contribution is 0.432. The van der Waals surface area contributed by atoms with Crippen molar-refractivity contribution in [2.75, 3.05) is 6.54 Å². The van der Waals surface area contributed by atoms with E-state index in [2.05, 4.69) is 12.2 Å². The van der Waals surface area contributed by atoms with Crippen molar-refractivity contribution in [3.63, 3.8) is 0 Å². The van der Waals surface area contributed by atoms with Crippen LogP contribution in [0.1, 0.15) is 24.5 Å². The molecule has 0 amide bonds. The molecule has 0 saturated heterocycles. The summed E-state index contributed by atoms with van der Waals surface area (Å²) in [5.74, 6) is -0.114. The quantitative estimate of drug-likeness (QED) is 0.787. The first kappa shape index (κ1) is 15.4. The highest BCUT2D eigenvalue weighted by Crippen LogP contribution is 2.29. The number of ether oxygens (including phenoxy) is 1. The first-order valence-corrected chi connectivity index (χ1v) is 7.04. The summed E-state index contributed by atoms with van der Waals surface area (Å²) in [5.41, 5.74) is 1.21. The highest BCUT2D eigenvalue weighted by atomic mass is 19.1. The zero-order chi connectivity index (χ0) is 15.2. The third kappa shape index (κ3) is 4.02. The molecule has 0 fully saturated rings. The molecule has 0 atom stereocenters. The molecule has 2 aromatic rings. The Morgan fingerprint density at radius 3 is 2.62 bits per heavy atom. The number of para-hydroxylation sites is 1. The van der Waals surface area contributed by atoms with Crippen molar-refractivity contribution >= 4 is 0 Å². The van der Waals surface area contributed by atoms with Gasteiger partial charge >= 0.3 is 0 Å². The van der Waals surface area contributed by atoms with Crippen LogP contribution in [0.3, 0.4) is 0 Å². The molecular weight excluding hydrogens is 272 g/mol. The monoisotopic (exact) mass is 291 g/mol. The summed E-state index contributed by atoms with van der Waals surface area (Å²) in [5, 5.41) is 3.22. The molecule has 0 aliphatic carbocycles. The Hall–Kier alpha value is -1.94. The van der Waals surface area contributed by atoms with Crippen LogP contribution < -0.4 is 10.1 Å². The van der Waals surface area contributed by atoms with Gasteiger partial charge in [-0.15, -0.1) is 0 Å². The van der Waals surface area contributed by atoms with Gasteiger partial charge in [0, 0.05) is 12.1 Å². The maximum atomic E-state index is 14.0. The summed E-state index contributed by atoms with van der Waals surface area (Å²) in [4.78, 5) is 0. The smallest absolute Gasteiger partial charge is 0.167 e. The Morgan fingerprint density at radius 1 is 1.10 bits per heavy atom. The Morgan fingerprint density at radius 2 is 1.90 bits per heavy atom. The number of rotatable bonds is 6. The lowest BCUT2D eigenvalue weighted by Gasteiger charge is -2.13. The fourth-order valence-electron chi connectivity index (χ4n) is 2.01. The van der Waals surface area contributed by atoms with Gasteiger partial charge in [-0.1, -0.05) is 19.1 Å². The summed E-state index contributed by atoms with van der Waals surface area (Å²) in [6.07, 6.45) is 1.00. The minimum absolute atomic E-state index is 0.187. The van der Waals surface area contributed by atoms with Crippen molar-refractivity contribution in [2.24, 2.45) is 0 Å². The van der Waals surface area contributed by atoms with E-state index in [4.69, 9.17) is 4.74 Å². The molecule has 21 heavy (non-hydrogen) atoms. The molecule has 0 aliphatic heterocycles. The third-order valence-electron chi connectivity index (χ3n) is 3.14. The van der Waals surface area contributed by atoms with Gasteiger partial charge in [-0.05, 0) is 49.7 Å². The van der Waals surface area contributed by atoms with Gasteiger partial charge in [-0.3, -0.25) is 0 Å². The minimum Gasteiger partial charge on any atom is -0.454 e. The van der Waals surface area contributed by atoms with E-state index < -0.39 is 5.82 Å². The lowest BCUT2D eigenvalue weighted by atomic mass is 10.2. The summed E-state index contributed by atoms with van der Waals surface area (Å²) in [6.45, 7) is 5.09. The number of nitrogens with one attached hydrogen (secondary N) is 1. The molecule has 0 aromatic heterocycles. The van der Waals surface area contributed by atoms with Crippen LogP contribution in [0.25, 0.3) is 0 Å². The summed E-state index contributed by atoms with van der Waals surface area (Å²) < 4.78 is 32.9. The van der Waals surface area contributed by atoms with Crippen LogP contribution >= 0.6 is 0 Å². The third-order valence-corrected chi connectivity index (χ3v) is 3.14. The normalized spacial score (nSPS) is 10.7. The number of aryl methyl sites for hydroxylation is 1. The fraction of sp³-hybridized carbons (Fsp3) is 0.294. The molecule has 0 spiro atoms. The van der Waals surface area contributed by atoms with Gasteiger partial charge in [0.1, 0.15) is 11.6 Å². The van der Waals surface area contributed by atoms with Gasteiger partial charge in [-0.2, -0.15) is 0 Å². The standard InChI is InChI=1S/C17H19F2NO/c1-3-9-20-11-13-5-4-6-16(19)17(13)21-14-7-8-15(18)12(2)10-14/h4-8,10,20H,3,9,11H2,1-2H3. The Kier molecular flexibility index (Phi) is 5.28. The van der Waals surface area contributed by atoms with E-state index in [0.29, 0.717) is 17.9 Å². The van der Waals surface area contributed by atoms with E-state index in [9.17, 15) is 8.78 Å². The molecule has 2 rings (SSSR count). The van der Waals surface area contributed by atoms with Crippen LogP contribution in [-0.2, 0) is 6.54 Å². The van der Waals surface area contributed by atoms with Gasteiger partial charge in [-0.25, -0.2) is 8.78 Å². The van der Waals surface area contributed by atoms with Gasteiger partial charge in [0.05, 0.1) is 0 Å². The topological polar surface area (TPSA) is 21.3 Å². The maximum Gasteiger partial charge on any atom is 0.167 e. The second kappa shape index (κ2) is 7.18. The van der Waals surface area contributed by atoms with Gasteiger partial charge in [0.25, 0.3) is 0 Å². The van der Waals surface area contributed by atoms with Crippen LogP contribution in [0.15, 0.2) is 36.4 Å². The average molecular weight is 291 g/mol. The van der Waals surface area contributed by atoms with Crippen molar-refractivity contribution in [3.8, 4) is 11.5 Å². The Balaban J connectivity index is 2.23. The minimum atomic E-state index is -0.423. The second-order valence-corrected chi connectivity index (χ2v) is 4.92. The fourth-order valence-corrected chi connectivity index (χ4v) is 2.01. The number of hydrogen-bond donors (Lipinski definition) is 1. The molecule has 4 heteroatoms. The van der Waals surface area contributed by atoms with E-state index >= 15 is 0 Å². The van der Waals surface area contributed by atoms with E-state index in [-0.39, 0.29) is 11.6 Å². The first-order valence-electron chi connectivity index (χ1n) is 7.04. The molecule has 0 heterocycles. The Labute approximate surface area is 123 Å². The van der Waals surface area contributed by atoms with Gasteiger partial charge in [0.15, 0.2) is 11.6 Å². The van der Waals surface area contributed by atoms with Crippen molar-refractivity contribution in [2.45, 2.75) is 26.8 Å². The summed E-state index contributed by atoms with van der Waals surface area (Å²) in [7, 11) is 0. The van der Waals surface area contributed by atoms with Gasteiger partial charge < -0.3 is 10.1 Å². The van der Waals surface area contributed by atoms with Crippen molar-refractivity contribution in [1.29, 1.82) is 0 Å². The summed E-state index contributed by atoms with van der Waals surface area (Å²) in [6, 6.07) is 9.21. The molecule has 0 radical (unpaired) electrons. The molecule has 2 nitrogen and oxygen atoms in total. The second-order valence-electron chi connectivity index (χ2n) is 4.92. The summed E-state index contributed by atoms with van der Waals surface area (Å²) >= 11 is 0. The molecule has 112 valence electrons. The number of hydrogen-bond acceptors (Lipinski definition) is 2. The van der Waals surface area contributed by atoms with E-state index in [1.165, 1.54) is 18.2 Å². The molecule has 0 saturated carbocycles. The number of halogens is 2. The van der Waals surface area contributed by atoms with E-state index in [1.54, 1.807) is 19.1 Å². The first-order chi connectivity index (χ1) is 10.1. The maximum absolute atomic E-state index is 14.0. The van der Waals surface area contributed by atoms with Crippen LogP contribution in [0.4, 0.5) is 8.78 Å². The van der Waals surface area contributed by atoms with E-state index in [1.807, 2.05) is 6.07 Å². The molecular formula is C17H19F2NO. The van der Waals surface area contributed by atoms with Crippen molar-refractivity contribution in [1.82, 2.24) is 5.32 Å². The van der Waals surface area contributed by atoms with Gasteiger partial charge in [0.2, 0.25) is 0 Å². The van der Waals surface area contributed by atoms with Crippen LogP contribution in [0.2, 0.25) is 0 Å². The van der Waals surface area contributed by atoms with Crippen LogP contribution in [0.5, 0.6) is 11.5 Å². The predicted molar refractivity (Wildman–Crippen MR) is 79.6 cm³/mol. The van der Waals surface area contributed by atoms with Crippen molar-refractivity contribution < 1.29 is 13.5 Å². The highest BCUT2D eigenvalue weighted by molar-refractivity contribution is 5.40. The Bertz CT molecular complexity index is 614. The zero-order valence-electron chi connectivity index (χ0n) is 12.2. The van der Waals surface area contributed by atoms with Crippen molar-refractivity contribution in [3.05, 3.63) is 59.2 Å². The molecule has 0 unspecified atom stereocenters. The van der Waals surface area contributed by atoms with Crippen LogP contribution in [0, 0.1) is 18.6 Å². The number of benzene rings is 2. The van der Waals surface area contributed by atoms with Crippen LogP contribution in [-0.4, -0.2) is 6.54 Å². The average Bonchev–Trinajstić information content (AvgIpc) is 2.46. The predicted octanol–water partition coefficient (Wildman–Crippen LogP) is 4.57. The highest BCUT2D eigenvalue weighted by Gasteiger charge is 2.11.